The molecule has 9 nitrogen and oxygen atoms in total. The van der Waals surface area contributed by atoms with Crippen LogP contribution in [0.1, 0.15) is 26.7 Å². The largest absolute Gasteiger partial charge is 0.354 e. The van der Waals surface area contributed by atoms with Crippen molar-refractivity contribution in [2.45, 2.75) is 39.3 Å². The van der Waals surface area contributed by atoms with E-state index in [1.807, 2.05) is 18.7 Å². The monoisotopic (exact) mass is 488 g/mol. The zero-order valence-electron chi connectivity index (χ0n) is 18.4. The van der Waals surface area contributed by atoms with Gasteiger partial charge in [-0.05, 0) is 44.9 Å². The molecule has 174 valence electrons. The lowest BCUT2D eigenvalue weighted by Crippen LogP contribution is -2.44. The van der Waals surface area contributed by atoms with Crippen molar-refractivity contribution in [3.05, 3.63) is 46.0 Å². The highest BCUT2D eigenvalue weighted by molar-refractivity contribution is 7.22. The van der Waals surface area contributed by atoms with Crippen molar-refractivity contribution >= 4 is 55.9 Å². The minimum atomic E-state index is -0.361. The number of halogens is 1. The van der Waals surface area contributed by atoms with E-state index in [2.05, 4.69) is 20.6 Å². The van der Waals surface area contributed by atoms with Crippen LogP contribution in [0.3, 0.4) is 0 Å². The first kappa shape index (κ1) is 23.2. The topological polar surface area (TPSA) is 109 Å². The predicted octanol–water partition coefficient (Wildman–Crippen LogP) is 2.89. The molecule has 1 fully saturated rings. The van der Waals surface area contributed by atoms with Crippen LogP contribution >= 0.6 is 22.9 Å². The van der Waals surface area contributed by atoms with Crippen LogP contribution in [0.5, 0.6) is 0 Å². The molecule has 11 heteroatoms. The maximum atomic E-state index is 13.0. The first-order chi connectivity index (χ1) is 15.8. The molecule has 1 saturated heterocycles. The first-order valence-corrected chi connectivity index (χ1v) is 12.0. The normalized spacial score (nSPS) is 16.2. The maximum Gasteiger partial charge on any atom is 0.273 e. The van der Waals surface area contributed by atoms with Gasteiger partial charge in [0.1, 0.15) is 17.6 Å². The van der Waals surface area contributed by atoms with Crippen molar-refractivity contribution in [1.29, 1.82) is 0 Å². The van der Waals surface area contributed by atoms with Gasteiger partial charge in [0.15, 0.2) is 10.8 Å². The Morgan fingerprint density at radius 1 is 1.33 bits per heavy atom. The van der Waals surface area contributed by atoms with Gasteiger partial charge in [0, 0.05) is 29.8 Å². The molecule has 1 aliphatic heterocycles. The van der Waals surface area contributed by atoms with Crippen LogP contribution in [0, 0.1) is 5.92 Å². The predicted molar refractivity (Wildman–Crippen MR) is 130 cm³/mol. The van der Waals surface area contributed by atoms with Gasteiger partial charge < -0.3 is 15.5 Å². The molecular weight excluding hydrogens is 464 g/mol. The molecule has 0 aliphatic carbocycles. The second-order valence-electron chi connectivity index (χ2n) is 8.33. The summed E-state index contributed by atoms with van der Waals surface area (Å²) >= 11 is 7.19. The molecule has 2 N–H and O–H groups in total. The summed E-state index contributed by atoms with van der Waals surface area (Å²) in [6.45, 7) is 5.02. The van der Waals surface area contributed by atoms with E-state index in [4.69, 9.17) is 11.6 Å². The van der Waals surface area contributed by atoms with Crippen LogP contribution in [0.25, 0.3) is 10.3 Å². The van der Waals surface area contributed by atoms with Crippen LogP contribution in [0.4, 0.5) is 10.8 Å². The van der Waals surface area contributed by atoms with Crippen molar-refractivity contribution in [1.82, 2.24) is 19.9 Å². The number of hydrogen-bond acceptors (Lipinski definition) is 7. The van der Waals surface area contributed by atoms with Crippen LogP contribution < -0.4 is 21.1 Å². The molecule has 0 bridgehead atoms. The molecule has 3 aromatic rings. The zero-order chi connectivity index (χ0) is 23.5. The highest BCUT2D eigenvalue weighted by Gasteiger charge is 2.28. The van der Waals surface area contributed by atoms with E-state index in [9.17, 15) is 14.4 Å². The number of rotatable bonds is 6. The SMILES string of the molecule is CC(C)NC(=O)C1CCCN(c2nc3ncn(CC(=O)Nc4cccc(Cl)c4)c(=O)c3s2)C1. The fraction of sp³-hybridized carbons (Fsp3) is 0.409. The summed E-state index contributed by atoms with van der Waals surface area (Å²) in [7, 11) is 0. The fourth-order valence-corrected chi connectivity index (χ4v) is 4.97. The molecular formula is C22H25ClN6O3S. The lowest BCUT2D eigenvalue weighted by molar-refractivity contribution is -0.125. The van der Waals surface area contributed by atoms with Gasteiger partial charge in [0.2, 0.25) is 11.8 Å². The average Bonchev–Trinajstić information content (AvgIpc) is 3.21. The number of nitrogens with zero attached hydrogens (tertiary/aromatic N) is 4. The fourth-order valence-electron chi connectivity index (χ4n) is 3.77. The summed E-state index contributed by atoms with van der Waals surface area (Å²) in [6, 6.07) is 6.88. The minimum Gasteiger partial charge on any atom is -0.354 e. The van der Waals surface area contributed by atoms with Gasteiger partial charge >= 0.3 is 0 Å². The molecule has 1 aliphatic rings. The minimum absolute atomic E-state index is 0.0435. The molecule has 0 spiro atoms. The molecule has 0 saturated carbocycles. The van der Waals surface area contributed by atoms with E-state index >= 15 is 0 Å². The van der Waals surface area contributed by atoms with E-state index in [0.717, 1.165) is 19.4 Å². The van der Waals surface area contributed by atoms with Gasteiger partial charge in [-0.1, -0.05) is 29.0 Å². The third kappa shape index (κ3) is 5.51. The number of anilines is 2. The number of hydrogen-bond donors (Lipinski definition) is 2. The summed E-state index contributed by atoms with van der Waals surface area (Å²) in [5.74, 6) is -0.435. The van der Waals surface area contributed by atoms with Crippen molar-refractivity contribution in [3.63, 3.8) is 0 Å². The Labute approximate surface area is 199 Å². The number of thiazole rings is 1. The summed E-state index contributed by atoms with van der Waals surface area (Å²) in [5.41, 5.74) is 0.576. The average molecular weight is 489 g/mol. The summed E-state index contributed by atoms with van der Waals surface area (Å²) in [5, 5.41) is 6.87. The number of amides is 2. The van der Waals surface area contributed by atoms with Gasteiger partial charge in [0.05, 0.1) is 5.92 Å². The van der Waals surface area contributed by atoms with Gasteiger partial charge in [-0.3, -0.25) is 19.0 Å². The number of piperidine rings is 1. The van der Waals surface area contributed by atoms with E-state index in [-0.39, 0.29) is 35.9 Å². The number of aromatic nitrogens is 3. The molecule has 2 aromatic heterocycles. The highest BCUT2D eigenvalue weighted by Crippen LogP contribution is 2.29. The van der Waals surface area contributed by atoms with E-state index < -0.39 is 0 Å². The molecule has 0 radical (unpaired) electrons. The Bertz CT molecular complexity index is 1240. The van der Waals surface area contributed by atoms with Crippen LogP contribution in [0.15, 0.2) is 35.4 Å². The van der Waals surface area contributed by atoms with Crippen LogP contribution in [-0.2, 0) is 16.1 Å². The number of fused-ring (bicyclic) bond motifs is 1. The van der Waals surface area contributed by atoms with Crippen molar-refractivity contribution < 1.29 is 9.59 Å². The van der Waals surface area contributed by atoms with Gasteiger partial charge in [0.25, 0.3) is 5.56 Å². The van der Waals surface area contributed by atoms with Crippen LogP contribution in [-0.4, -0.2) is 45.5 Å². The molecule has 33 heavy (non-hydrogen) atoms. The highest BCUT2D eigenvalue weighted by atomic mass is 35.5. The Morgan fingerprint density at radius 2 is 2.15 bits per heavy atom. The molecule has 4 rings (SSSR count). The third-order valence-corrected chi connectivity index (χ3v) is 6.62. The quantitative estimate of drug-likeness (QED) is 0.552. The van der Waals surface area contributed by atoms with Crippen molar-refractivity contribution in [2.75, 3.05) is 23.3 Å². The van der Waals surface area contributed by atoms with Gasteiger partial charge in [-0.25, -0.2) is 4.98 Å². The first-order valence-electron chi connectivity index (χ1n) is 10.8. The maximum absolute atomic E-state index is 13.0. The molecule has 1 unspecified atom stereocenters. The van der Waals surface area contributed by atoms with Crippen LogP contribution in [0.2, 0.25) is 5.02 Å². The van der Waals surface area contributed by atoms with E-state index in [0.29, 0.717) is 32.7 Å². The Morgan fingerprint density at radius 3 is 2.91 bits per heavy atom. The lowest BCUT2D eigenvalue weighted by Gasteiger charge is -2.32. The standard InChI is InChI=1S/C22H25ClN6O3S/c1-13(2)25-20(31)14-5-4-8-28(10-14)22-27-19-18(33-22)21(32)29(12-24-19)11-17(30)26-16-7-3-6-15(23)9-16/h3,6-7,9,12-14H,4-5,8,10-11H2,1-2H3,(H,25,31)(H,26,30). The zero-order valence-corrected chi connectivity index (χ0v) is 19.9. The number of carbonyl (C=O) groups excluding carboxylic acids is 2. The summed E-state index contributed by atoms with van der Waals surface area (Å²) in [6.07, 6.45) is 3.03. The third-order valence-electron chi connectivity index (χ3n) is 5.29. The number of nitrogens with one attached hydrogen (secondary N) is 2. The Kier molecular flexibility index (Phi) is 6.94. The van der Waals surface area contributed by atoms with Crippen molar-refractivity contribution in [3.8, 4) is 0 Å². The number of benzene rings is 1. The summed E-state index contributed by atoms with van der Waals surface area (Å²) in [4.78, 5) is 48.7. The van der Waals surface area contributed by atoms with E-state index in [1.54, 1.807) is 24.3 Å². The molecule has 1 aromatic carbocycles. The smallest absolute Gasteiger partial charge is 0.273 e. The molecule has 1 atom stereocenters. The van der Waals surface area contributed by atoms with Gasteiger partial charge in [-0.15, -0.1) is 0 Å². The molecule has 2 amide bonds. The Balaban J connectivity index is 1.49. The summed E-state index contributed by atoms with van der Waals surface area (Å²) < 4.78 is 1.65. The van der Waals surface area contributed by atoms with E-state index in [1.165, 1.54) is 22.2 Å². The van der Waals surface area contributed by atoms with Gasteiger partial charge in [-0.2, -0.15) is 4.98 Å². The lowest BCUT2D eigenvalue weighted by atomic mass is 9.97. The molecule has 3 heterocycles. The second kappa shape index (κ2) is 9.88. The second-order valence-corrected chi connectivity index (χ2v) is 9.75. The number of carbonyl (C=O) groups is 2. The van der Waals surface area contributed by atoms with Crippen molar-refractivity contribution in [2.24, 2.45) is 5.92 Å². The Hall–Kier alpha value is -2.98.